The molecule has 0 aromatic heterocycles. The van der Waals surface area contributed by atoms with E-state index in [1.807, 2.05) is 6.92 Å². The van der Waals surface area contributed by atoms with Gasteiger partial charge in [0.2, 0.25) is 0 Å². The summed E-state index contributed by atoms with van der Waals surface area (Å²) >= 11 is 0. The molecule has 1 aliphatic rings. The van der Waals surface area contributed by atoms with Gasteiger partial charge >= 0.3 is 6.61 Å². The molecule has 3 rings (SSSR count). The number of ether oxygens (including phenoxy) is 1. The monoisotopic (exact) mass is 374 g/mol. The van der Waals surface area contributed by atoms with Crippen LogP contribution in [0.5, 0.6) is 5.75 Å². The Bertz CT molecular complexity index is 759. The van der Waals surface area contributed by atoms with E-state index < -0.39 is 12.5 Å². The van der Waals surface area contributed by atoms with Crippen molar-refractivity contribution in [3.05, 3.63) is 65.2 Å². The van der Waals surface area contributed by atoms with E-state index in [4.69, 9.17) is 0 Å². The Hall–Kier alpha value is -2.47. The Morgan fingerprint density at radius 1 is 1.11 bits per heavy atom. The molecule has 0 bridgehead atoms. The van der Waals surface area contributed by atoms with E-state index >= 15 is 0 Å². The zero-order valence-corrected chi connectivity index (χ0v) is 15.3. The summed E-state index contributed by atoms with van der Waals surface area (Å²) in [6.07, 6.45) is 2.28. The SMILES string of the molecule is Cc1ccc(C(CNC(=O)c2ccccc2OC(F)F)N2CCCC2)cc1. The smallest absolute Gasteiger partial charge is 0.387 e. The average Bonchev–Trinajstić information content (AvgIpc) is 3.17. The fourth-order valence-corrected chi connectivity index (χ4v) is 3.44. The van der Waals surface area contributed by atoms with Crippen LogP contribution in [0.2, 0.25) is 0 Å². The third-order valence-corrected chi connectivity index (χ3v) is 4.85. The summed E-state index contributed by atoms with van der Waals surface area (Å²) < 4.78 is 29.6. The summed E-state index contributed by atoms with van der Waals surface area (Å²) in [7, 11) is 0. The van der Waals surface area contributed by atoms with Gasteiger partial charge in [0.1, 0.15) is 5.75 Å². The molecular weight excluding hydrogens is 350 g/mol. The maximum atomic E-state index is 12.6. The van der Waals surface area contributed by atoms with Crippen LogP contribution in [0.1, 0.15) is 40.4 Å². The first kappa shape index (κ1) is 19.3. The molecule has 0 spiro atoms. The number of likely N-dealkylation sites (tertiary alicyclic amines) is 1. The molecule has 1 fully saturated rings. The minimum Gasteiger partial charge on any atom is -0.434 e. The van der Waals surface area contributed by atoms with Gasteiger partial charge in [-0.3, -0.25) is 9.69 Å². The van der Waals surface area contributed by atoms with Crippen LogP contribution in [0.15, 0.2) is 48.5 Å². The molecule has 2 aromatic rings. The van der Waals surface area contributed by atoms with Gasteiger partial charge in [0, 0.05) is 6.54 Å². The van der Waals surface area contributed by atoms with Crippen molar-refractivity contribution in [2.24, 2.45) is 0 Å². The predicted octanol–water partition coefficient (Wildman–Crippen LogP) is 4.16. The Labute approximate surface area is 158 Å². The van der Waals surface area contributed by atoms with Gasteiger partial charge in [0.05, 0.1) is 11.6 Å². The second kappa shape index (κ2) is 8.95. The Balaban J connectivity index is 1.73. The Morgan fingerprint density at radius 2 is 1.78 bits per heavy atom. The van der Waals surface area contributed by atoms with E-state index in [1.54, 1.807) is 12.1 Å². The number of nitrogens with one attached hydrogen (secondary N) is 1. The number of rotatable bonds is 7. The van der Waals surface area contributed by atoms with Crippen molar-refractivity contribution in [1.29, 1.82) is 0 Å². The third-order valence-electron chi connectivity index (χ3n) is 4.85. The summed E-state index contributed by atoms with van der Waals surface area (Å²) in [4.78, 5) is 15.0. The molecule has 1 aliphatic heterocycles. The van der Waals surface area contributed by atoms with E-state index in [-0.39, 0.29) is 17.4 Å². The van der Waals surface area contributed by atoms with Crippen LogP contribution in [0.3, 0.4) is 0 Å². The van der Waals surface area contributed by atoms with Crippen molar-refractivity contribution in [3.8, 4) is 5.75 Å². The van der Waals surface area contributed by atoms with Gasteiger partial charge in [-0.05, 0) is 50.6 Å². The van der Waals surface area contributed by atoms with Gasteiger partial charge in [-0.25, -0.2) is 0 Å². The number of hydrogen-bond donors (Lipinski definition) is 1. The largest absolute Gasteiger partial charge is 0.434 e. The number of para-hydroxylation sites is 1. The molecule has 2 aromatic carbocycles. The normalized spacial score (nSPS) is 15.7. The van der Waals surface area contributed by atoms with Gasteiger partial charge in [-0.1, -0.05) is 42.0 Å². The molecule has 144 valence electrons. The number of hydrogen-bond acceptors (Lipinski definition) is 3. The van der Waals surface area contributed by atoms with Crippen LogP contribution in [-0.4, -0.2) is 37.1 Å². The van der Waals surface area contributed by atoms with E-state index in [9.17, 15) is 13.6 Å². The number of carbonyl (C=O) groups excluding carboxylic acids is 1. The van der Waals surface area contributed by atoms with E-state index in [1.165, 1.54) is 17.7 Å². The fourth-order valence-electron chi connectivity index (χ4n) is 3.44. The van der Waals surface area contributed by atoms with E-state index in [2.05, 4.69) is 39.2 Å². The topological polar surface area (TPSA) is 41.6 Å². The van der Waals surface area contributed by atoms with E-state index in [0.717, 1.165) is 31.5 Å². The number of nitrogens with zero attached hydrogens (tertiary/aromatic N) is 1. The van der Waals surface area contributed by atoms with Crippen LogP contribution in [0, 0.1) is 6.92 Å². The van der Waals surface area contributed by atoms with Crippen molar-refractivity contribution in [2.75, 3.05) is 19.6 Å². The van der Waals surface area contributed by atoms with Gasteiger partial charge in [-0.15, -0.1) is 0 Å². The third kappa shape index (κ3) is 5.04. The molecule has 6 heteroatoms. The predicted molar refractivity (Wildman–Crippen MR) is 100 cm³/mol. The fraction of sp³-hybridized carbons (Fsp3) is 0.381. The van der Waals surface area contributed by atoms with Crippen molar-refractivity contribution in [1.82, 2.24) is 10.2 Å². The second-order valence-electron chi connectivity index (χ2n) is 6.75. The lowest BCUT2D eigenvalue weighted by Gasteiger charge is -2.28. The van der Waals surface area contributed by atoms with Crippen molar-refractivity contribution in [2.45, 2.75) is 32.4 Å². The van der Waals surface area contributed by atoms with Gasteiger partial charge in [-0.2, -0.15) is 8.78 Å². The van der Waals surface area contributed by atoms with Crippen LogP contribution in [-0.2, 0) is 0 Å². The first-order valence-electron chi connectivity index (χ1n) is 9.17. The van der Waals surface area contributed by atoms with E-state index in [0.29, 0.717) is 6.54 Å². The van der Waals surface area contributed by atoms with Crippen LogP contribution < -0.4 is 10.1 Å². The molecular formula is C21H24F2N2O2. The van der Waals surface area contributed by atoms with Crippen LogP contribution in [0.4, 0.5) is 8.78 Å². The summed E-state index contributed by atoms with van der Waals surface area (Å²) in [6, 6.07) is 14.4. The van der Waals surface area contributed by atoms with Gasteiger partial charge in [0.15, 0.2) is 0 Å². The lowest BCUT2D eigenvalue weighted by Crippen LogP contribution is -2.37. The lowest BCUT2D eigenvalue weighted by atomic mass is 10.0. The molecule has 1 amide bonds. The highest BCUT2D eigenvalue weighted by Gasteiger charge is 2.24. The standard InChI is InChI=1S/C21H24F2N2O2/c1-15-8-10-16(11-9-15)18(25-12-4-5-13-25)14-24-20(26)17-6-2-3-7-19(17)27-21(22)23/h2-3,6-11,18,21H,4-5,12-14H2,1H3,(H,24,26). The lowest BCUT2D eigenvalue weighted by molar-refractivity contribution is -0.0501. The van der Waals surface area contributed by atoms with Crippen molar-refractivity contribution in [3.63, 3.8) is 0 Å². The number of carbonyl (C=O) groups is 1. The molecule has 4 nitrogen and oxygen atoms in total. The molecule has 1 atom stereocenters. The van der Waals surface area contributed by atoms with Crippen molar-refractivity contribution < 1.29 is 18.3 Å². The average molecular weight is 374 g/mol. The number of aryl methyl sites for hydroxylation is 1. The number of benzene rings is 2. The van der Waals surface area contributed by atoms with Gasteiger partial charge in [0.25, 0.3) is 5.91 Å². The molecule has 0 aliphatic carbocycles. The number of alkyl halides is 2. The maximum Gasteiger partial charge on any atom is 0.387 e. The Kier molecular flexibility index (Phi) is 6.40. The minimum atomic E-state index is -2.97. The first-order valence-corrected chi connectivity index (χ1v) is 9.17. The summed E-state index contributed by atoms with van der Waals surface area (Å²) in [5.41, 5.74) is 2.43. The highest BCUT2D eigenvalue weighted by molar-refractivity contribution is 5.96. The molecule has 0 radical (unpaired) electrons. The zero-order valence-electron chi connectivity index (χ0n) is 15.3. The molecule has 1 unspecified atom stereocenters. The molecule has 1 N–H and O–H groups in total. The minimum absolute atomic E-state index is 0.0558. The van der Waals surface area contributed by atoms with Crippen molar-refractivity contribution >= 4 is 5.91 Å². The highest BCUT2D eigenvalue weighted by atomic mass is 19.3. The molecule has 1 heterocycles. The summed E-state index contributed by atoms with van der Waals surface area (Å²) in [5, 5.41) is 2.90. The zero-order chi connectivity index (χ0) is 19.2. The molecule has 27 heavy (non-hydrogen) atoms. The maximum absolute atomic E-state index is 12.6. The van der Waals surface area contributed by atoms with Crippen LogP contribution >= 0.6 is 0 Å². The molecule has 0 saturated carbocycles. The summed E-state index contributed by atoms with van der Waals surface area (Å²) in [6.45, 7) is 1.45. The van der Waals surface area contributed by atoms with Gasteiger partial charge < -0.3 is 10.1 Å². The first-order chi connectivity index (χ1) is 13.0. The second-order valence-corrected chi connectivity index (χ2v) is 6.75. The highest BCUT2D eigenvalue weighted by Crippen LogP contribution is 2.26. The Morgan fingerprint density at radius 3 is 2.44 bits per heavy atom. The van der Waals surface area contributed by atoms with Crippen LogP contribution in [0.25, 0.3) is 0 Å². The molecule has 1 saturated heterocycles. The quantitative estimate of drug-likeness (QED) is 0.791. The number of halogens is 2. The summed E-state index contributed by atoms with van der Waals surface area (Å²) in [5.74, 6) is -0.527. The number of amides is 1.